The Hall–Kier alpha value is -4.73. The van der Waals surface area contributed by atoms with Gasteiger partial charge >= 0.3 is 0 Å². The standard InChI is InChI=1S/C25H20N4O6/c1-14-5-3-11-27-15(2)20(26-24(14)27)22(30)19-21(16-7-9-17(10-8-16)29(33)34)28(25(32)23(19)31)13-18-6-4-12-35-18/h3-12,21,30H,13H2,1-2H3. The Morgan fingerprint density at radius 3 is 2.51 bits per heavy atom. The number of rotatable bonds is 5. The fourth-order valence-electron chi connectivity index (χ4n) is 4.41. The lowest BCUT2D eigenvalue weighted by molar-refractivity contribution is -0.384. The molecule has 0 saturated carbocycles. The van der Waals surface area contributed by atoms with Crippen molar-refractivity contribution in [3.05, 3.63) is 105 Å². The maximum atomic E-state index is 13.2. The summed E-state index contributed by atoms with van der Waals surface area (Å²) in [5, 5.41) is 22.5. The highest BCUT2D eigenvalue weighted by Crippen LogP contribution is 2.41. The molecule has 1 N–H and O–H groups in total. The zero-order valence-electron chi connectivity index (χ0n) is 18.8. The number of ketones is 1. The molecule has 1 aliphatic rings. The number of aliphatic hydroxyl groups is 1. The topological polar surface area (TPSA) is 131 Å². The average molecular weight is 472 g/mol. The monoisotopic (exact) mass is 472 g/mol. The predicted molar refractivity (Wildman–Crippen MR) is 124 cm³/mol. The molecule has 10 heteroatoms. The van der Waals surface area contributed by atoms with E-state index in [9.17, 15) is 24.8 Å². The maximum Gasteiger partial charge on any atom is 0.296 e. The van der Waals surface area contributed by atoms with Gasteiger partial charge < -0.3 is 18.8 Å². The summed E-state index contributed by atoms with van der Waals surface area (Å²) < 4.78 is 7.17. The Morgan fingerprint density at radius 1 is 1.14 bits per heavy atom. The van der Waals surface area contributed by atoms with Crippen molar-refractivity contribution in [1.29, 1.82) is 0 Å². The molecule has 1 fully saturated rings. The van der Waals surface area contributed by atoms with Gasteiger partial charge in [0.2, 0.25) is 0 Å². The van der Waals surface area contributed by atoms with E-state index in [1.165, 1.54) is 35.4 Å². The van der Waals surface area contributed by atoms with Crippen LogP contribution in [0.5, 0.6) is 0 Å². The summed E-state index contributed by atoms with van der Waals surface area (Å²) in [6, 6.07) is 11.6. The van der Waals surface area contributed by atoms with Gasteiger partial charge in [-0.15, -0.1) is 0 Å². The van der Waals surface area contributed by atoms with Crippen LogP contribution < -0.4 is 0 Å². The number of furan rings is 1. The number of nitro benzene ring substituents is 1. The number of nitrogens with zero attached hydrogens (tertiary/aromatic N) is 4. The number of pyridine rings is 1. The second-order valence-corrected chi connectivity index (χ2v) is 8.29. The number of imidazole rings is 1. The number of carbonyl (C=O) groups is 2. The van der Waals surface area contributed by atoms with Crippen LogP contribution in [0.25, 0.3) is 11.4 Å². The summed E-state index contributed by atoms with van der Waals surface area (Å²) in [4.78, 5) is 42.8. The molecule has 1 saturated heterocycles. The number of carbonyl (C=O) groups excluding carboxylic acids is 2. The van der Waals surface area contributed by atoms with Crippen LogP contribution in [-0.2, 0) is 16.1 Å². The maximum absolute atomic E-state index is 13.2. The molecule has 1 unspecified atom stereocenters. The molecular formula is C25H20N4O6. The number of amides is 1. The third-order valence-corrected chi connectivity index (χ3v) is 6.17. The van der Waals surface area contributed by atoms with Crippen molar-refractivity contribution in [1.82, 2.24) is 14.3 Å². The van der Waals surface area contributed by atoms with E-state index < -0.39 is 28.4 Å². The molecule has 1 aromatic carbocycles. The van der Waals surface area contributed by atoms with Gasteiger partial charge in [0, 0.05) is 18.3 Å². The van der Waals surface area contributed by atoms with Gasteiger partial charge in [-0.25, -0.2) is 4.98 Å². The molecule has 1 atom stereocenters. The van der Waals surface area contributed by atoms with Crippen molar-refractivity contribution in [3.63, 3.8) is 0 Å². The van der Waals surface area contributed by atoms with Crippen LogP contribution >= 0.6 is 0 Å². The lowest BCUT2D eigenvalue weighted by Crippen LogP contribution is -2.29. The third-order valence-electron chi connectivity index (χ3n) is 6.17. The van der Waals surface area contributed by atoms with E-state index in [0.717, 1.165) is 5.56 Å². The zero-order valence-corrected chi connectivity index (χ0v) is 18.8. The minimum Gasteiger partial charge on any atom is -0.505 e. The van der Waals surface area contributed by atoms with E-state index in [2.05, 4.69) is 4.98 Å². The highest BCUT2D eigenvalue weighted by atomic mass is 16.6. The van der Waals surface area contributed by atoms with Crippen LogP contribution in [0.2, 0.25) is 0 Å². The molecule has 4 aromatic rings. The number of likely N-dealkylation sites (tertiary alicyclic amines) is 1. The summed E-state index contributed by atoms with van der Waals surface area (Å²) in [5.41, 5.74) is 2.43. The largest absolute Gasteiger partial charge is 0.505 e. The smallest absolute Gasteiger partial charge is 0.296 e. The van der Waals surface area contributed by atoms with E-state index in [0.29, 0.717) is 22.7 Å². The molecule has 5 rings (SSSR count). The van der Waals surface area contributed by atoms with Crippen molar-refractivity contribution in [2.45, 2.75) is 26.4 Å². The summed E-state index contributed by atoms with van der Waals surface area (Å²) >= 11 is 0. The summed E-state index contributed by atoms with van der Waals surface area (Å²) in [6.45, 7) is 3.61. The van der Waals surface area contributed by atoms with Gasteiger partial charge in [-0.2, -0.15) is 0 Å². The second-order valence-electron chi connectivity index (χ2n) is 8.29. The average Bonchev–Trinajstić information content (AvgIpc) is 3.54. The summed E-state index contributed by atoms with van der Waals surface area (Å²) in [6.07, 6.45) is 3.25. The minimum absolute atomic E-state index is 0.0285. The Balaban J connectivity index is 1.70. The quantitative estimate of drug-likeness (QED) is 0.152. The first-order valence-electron chi connectivity index (χ1n) is 10.8. The van der Waals surface area contributed by atoms with Crippen molar-refractivity contribution in [3.8, 4) is 0 Å². The van der Waals surface area contributed by atoms with Crippen molar-refractivity contribution < 1.29 is 24.0 Å². The number of benzene rings is 1. The molecule has 0 spiro atoms. The first-order chi connectivity index (χ1) is 16.8. The molecule has 4 heterocycles. The van der Waals surface area contributed by atoms with E-state index in [-0.39, 0.29) is 23.5 Å². The van der Waals surface area contributed by atoms with Gasteiger partial charge in [0.15, 0.2) is 5.76 Å². The van der Waals surface area contributed by atoms with Gasteiger partial charge in [0.25, 0.3) is 17.4 Å². The fraction of sp³-hybridized carbons (Fsp3) is 0.160. The minimum atomic E-state index is -0.994. The molecule has 0 aliphatic carbocycles. The summed E-state index contributed by atoms with van der Waals surface area (Å²) in [5.74, 6) is -1.65. The number of Topliss-reactive ketones (excluding diaryl/α,β-unsaturated/α-hetero) is 1. The molecule has 1 aliphatic heterocycles. The first-order valence-corrected chi connectivity index (χ1v) is 10.8. The van der Waals surface area contributed by atoms with Crippen LogP contribution in [0.15, 0.2) is 71.0 Å². The number of nitro groups is 1. The Labute approximate surface area is 198 Å². The lowest BCUT2D eigenvalue weighted by atomic mass is 9.96. The van der Waals surface area contributed by atoms with Crippen LogP contribution in [0.3, 0.4) is 0 Å². The van der Waals surface area contributed by atoms with Gasteiger partial charge in [-0.05, 0) is 55.3 Å². The molecule has 1 amide bonds. The molecular weight excluding hydrogens is 452 g/mol. The van der Waals surface area contributed by atoms with Gasteiger partial charge in [0.1, 0.15) is 17.1 Å². The Kier molecular flexibility index (Phi) is 5.20. The summed E-state index contributed by atoms with van der Waals surface area (Å²) in [7, 11) is 0. The van der Waals surface area contributed by atoms with Crippen LogP contribution in [0.4, 0.5) is 5.69 Å². The Morgan fingerprint density at radius 2 is 1.89 bits per heavy atom. The Bertz CT molecular complexity index is 1520. The molecule has 176 valence electrons. The van der Waals surface area contributed by atoms with E-state index >= 15 is 0 Å². The van der Waals surface area contributed by atoms with Crippen LogP contribution in [-0.4, -0.2) is 36.0 Å². The second kappa shape index (κ2) is 8.24. The highest BCUT2D eigenvalue weighted by Gasteiger charge is 2.47. The number of aliphatic hydroxyl groups excluding tert-OH is 1. The SMILES string of the molecule is Cc1cccn2c(C)c(C(O)=C3C(=O)C(=O)N(Cc4ccco4)C3c3ccc([N+](=O)[O-])cc3)nc12. The zero-order chi connectivity index (χ0) is 24.9. The number of hydrogen-bond acceptors (Lipinski definition) is 7. The van der Waals surface area contributed by atoms with Gasteiger partial charge in [0.05, 0.1) is 35.0 Å². The molecule has 0 radical (unpaired) electrons. The van der Waals surface area contributed by atoms with E-state index in [1.807, 2.05) is 19.1 Å². The number of aromatic nitrogens is 2. The van der Waals surface area contributed by atoms with Crippen molar-refractivity contribution in [2.24, 2.45) is 0 Å². The van der Waals surface area contributed by atoms with E-state index in [1.54, 1.807) is 29.7 Å². The third kappa shape index (κ3) is 3.55. The van der Waals surface area contributed by atoms with Gasteiger partial charge in [-0.1, -0.05) is 6.07 Å². The fourth-order valence-corrected chi connectivity index (χ4v) is 4.41. The lowest BCUT2D eigenvalue weighted by Gasteiger charge is -2.24. The molecule has 0 bridgehead atoms. The number of fused-ring (bicyclic) bond motifs is 1. The van der Waals surface area contributed by atoms with Crippen molar-refractivity contribution >= 4 is 28.8 Å². The number of aryl methyl sites for hydroxylation is 2. The van der Waals surface area contributed by atoms with Crippen LogP contribution in [0, 0.1) is 24.0 Å². The number of non-ortho nitro benzene ring substituents is 1. The molecule has 35 heavy (non-hydrogen) atoms. The highest BCUT2D eigenvalue weighted by molar-refractivity contribution is 6.46. The number of hydrogen-bond donors (Lipinski definition) is 1. The molecule has 10 nitrogen and oxygen atoms in total. The first kappa shape index (κ1) is 22.1. The molecule has 3 aromatic heterocycles. The van der Waals surface area contributed by atoms with E-state index in [4.69, 9.17) is 4.42 Å². The predicted octanol–water partition coefficient (Wildman–Crippen LogP) is 4.07. The normalized spacial score (nSPS) is 17.4. The van der Waals surface area contributed by atoms with Crippen LogP contribution in [0.1, 0.15) is 34.3 Å². The van der Waals surface area contributed by atoms with Crippen molar-refractivity contribution in [2.75, 3.05) is 0 Å². The van der Waals surface area contributed by atoms with Gasteiger partial charge in [-0.3, -0.25) is 19.7 Å².